The van der Waals surface area contributed by atoms with Crippen LogP contribution in [0.25, 0.3) is 0 Å². The Labute approximate surface area is 115 Å². The van der Waals surface area contributed by atoms with E-state index in [4.69, 9.17) is 29.0 Å². The third-order valence-electron chi connectivity index (χ3n) is 2.44. The summed E-state index contributed by atoms with van der Waals surface area (Å²) >= 11 is 12.2. The maximum Gasteiger partial charge on any atom is 0.143 e. The number of aryl methyl sites for hydroxylation is 1. The maximum absolute atomic E-state index is 6.11. The van der Waals surface area contributed by atoms with Crippen molar-refractivity contribution in [2.75, 3.05) is 5.43 Å². The highest BCUT2D eigenvalue weighted by Gasteiger charge is 2.09. The number of hydrazine groups is 1. The molecule has 0 fully saturated rings. The minimum Gasteiger partial charge on any atom is -0.308 e. The predicted octanol–water partition coefficient (Wildman–Crippen LogP) is 2.97. The van der Waals surface area contributed by atoms with E-state index in [1.807, 2.05) is 6.92 Å². The van der Waals surface area contributed by atoms with Crippen LogP contribution in [-0.4, -0.2) is 9.97 Å². The number of anilines is 1. The quantitative estimate of drug-likeness (QED) is 0.671. The molecule has 1 aromatic heterocycles. The molecule has 4 nitrogen and oxygen atoms in total. The summed E-state index contributed by atoms with van der Waals surface area (Å²) in [6, 6.07) is 7.15. The Bertz CT molecular complexity index is 552. The van der Waals surface area contributed by atoms with E-state index in [-0.39, 0.29) is 0 Å². The standard InChI is InChI=1S/C12H12Cl2N4/c1-7-5-12(18-15)17-11(16-7)6-8-9(13)3-2-4-10(8)14/h2-5H,6,15H2,1H3,(H,16,17,18). The van der Waals surface area contributed by atoms with Gasteiger partial charge in [-0.2, -0.15) is 0 Å². The minimum atomic E-state index is 0.467. The van der Waals surface area contributed by atoms with Crippen LogP contribution in [0.1, 0.15) is 17.1 Å². The second-order valence-corrected chi connectivity index (χ2v) is 4.65. The molecule has 0 spiro atoms. The second kappa shape index (κ2) is 5.52. The van der Waals surface area contributed by atoms with Gasteiger partial charge in [-0.15, -0.1) is 0 Å². The van der Waals surface area contributed by atoms with Gasteiger partial charge in [0.15, 0.2) is 0 Å². The molecule has 18 heavy (non-hydrogen) atoms. The largest absolute Gasteiger partial charge is 0.308 e. The molecule has 0 aliphatic rings. The van der Waals surface area contributed by atoms with Gasteiger partial charge in [0.05, 0.1) is 0 Å². The van der Waals surface area contributed by atoms with Gasteiger partial charge in [0.25, 0.3) is 0 Å². The van der Waals surface area contributed by atoms with Gasteiger partial charge < -0.3 is 5.43 Å². The third kappa shape index (κ3) is 2.90. The Morgan fingerprint density at radius 2 is 1.89 bits per heavy atom. The lowest BCUT2D eigenvalue weighted by Crippen LogP contribution is -2.11. The van der Waals surface area contributed by atoms with Crippen molar-refractivity contribution in [3.05, 3.63) is 51.4 Å². The van der Waals surface area contributed by atoms with E-state index in [0.29, 0.717) is 28.1 Å². The molecule has 2 rings (SSSR count). The smallest absolute Gasteiger partial charge is 0.143 e. The summed E-state index contributed by atoms with van der Waals surface area (Å²) in [5, 5.41) is 1.21. The molecular weight excluding hydrogens is 271 g/mol. The number of hydrogen-bond acceptors (Lipinski definition) is 4. The monoisotopic (exact) mass is 282 g/mol. The average molecular weight is 283 g/mol. The fraction of sp³-hybridized carbons (Fsp3) is 0.167. The van der Waals surface area contributed by atoms with Crippen LogP contribution < -0.4 is 11.3 Å². The fourth-order valence-electron chi connectivity index (χ4n) is 1.64. The zero-order valence-corrected chi connectivity index (χ0v) is 11.3. The molecule has 0 atom stereocenters. The summed E-state index contributed by atoms with van der Waals surface area (Å²) in [5.74, 6) is 6.54. The first kappa shape index (κ1) is 13.1. The Balaban J connectivity index is 2.37. The van der Waals surface area contributed by atoms with Gasteiger partial charge in [-0.05, 0) is 24.6 Å². The summed E-state index contributed by atoms with van der Waals surface area (Å²) in [6.45, 7) is 1.88. The van der Waals surface area contributed by atoms with Crippen molar-refractivity contribution in [3.8, 4) is 0 Å². The van der Waals surface area contributed by atoms with Crippen LogP contribution >= 0.6 is 23.2 Å². The highest BCUT2D eigenvalue weighted by atomic mass is 35.5. The predicted molar refractivity (Wildman–Crippen MR) is 73.8 cm³/mol. The van der Waals surface area contributed by atoms with E-state index in [1.165, 1.54) is 0 Å². The number of nitrogens with zero attached hydrogens (tertiary/aromatic N) is 2. The Morgan fingerprint density at radius 3 is 2.50 bits per heavy atom. The van der Waals surface area contributed by atoms with Gasteiger partial charge in [0.2, 0.25) is 0 Å². The van der Waals surface area contributed by atoms with E-state index in [1.54, 1.807) is 24.3 Å². The van der Waals surface area contributed by atoms with Gasteiger partial charge in [0.1, 0.15) is 11.6 Å². The lowest BCUT2D eigenvalue weighted by atomic mass is 10.1. The lowest BCUT2D eigenvalue weighted by Gasteiger charge is -2.08. The summed E-state index contributed by atoms with van der Waals surface area (Å²) in [7, 11) is 0. The molecule has 0 saturated carbocycles. The van der Waals surface area contributed by atoms with E-state index in [2.05, 4.69) is 15.4 Å². The van der Waals surface area contributed by atoms with Crippen LogP contribution in [-0.2, 0) is 6.42 Å². The molecule has 1 aromatic carbocycles. The molecule has 0 amide bonds. The number of aromatic nitrogens is 2. The first-order chi connectivity index (χ1) is 8.60. The van der Waals surface area contributed by atoms with Crippen LogP contribution in [0.5, 0.6) is 0 Å². The summed E-state index contributed by atoms with van der Waals surface area (Å²) < 4.78 is 0. The fourth-order valence-corrected chi connectivity index (χ4v) is 2.17. The van der Waals surface area contributed by atoms with Gasteiger partial charge in [0, 0.05) is 28.2 Å². The van der Waals surface area contributed by atoms with Crippen LogP contribution in [0.4, 0.5) is 5.82 Å². The van der Waals surface area contributed by atoms with Crippen molar-refractivity contribution in [1.29, 1.82) is 0 Å². The van der Waals surface area contributed by atoms with Crippen molar-refractivity contribution < 1.29 is 0 Å². The van der Waals surface area contributed by atoms with E-state index < -0.39 is 0 Å². The second-order valence-electron chi connectivity index (χ2n) is 3.83. The van der Waals surface area contributed by atoms with Crippen LogP contribution in [0.2, 0.25) is 10.0 Å². The topological polar surface area (TPSA) is 63.8 Å². The normalized spacial score (nSPS) is 10.4. The van der Waals surface area contributed by atoms with Crippen molar-refractivity contribution in [3.63, 3.8) is 0 Å². The molecule has 0 aliphatic heterocycles. The summed E-state index contributed by atoms with van der Waals surface area (Å²) in [4.78, 5) is 8.60. The summed E-state index contributed by atoms with van der Waals surface area (Å²) in [5.41, 5.74) is 4.15. The summed E-state index contributed by atoms with van der Waals surface area (Å²) in [6.07, 6.45) is 0.467. The van der Waals surface area contributed by atoms with Gasteiger partial charge in [-0.25, -0.2) is 15.8 Å². The Hall–Kier alpha value is -1.36. The molecule has 1 heterocycles. The zero-order chi connectivity index (χ0) is 13.1. The van der Waals surface area contributed by atoms with Gasteiger partial charge in [-0.1, -0.05) is 29.3 Å². The van der Waals surface area contributed by atoms with Crippen molar-refractivity contribution >= 4 is 29.0 Å². The highest BCUT2D eigenvalue weighted by molar-refractivity contribution is 6.36. The Kier molecular flexibility index (Phi) is 4.01. The number of benzene rings is 1. The molecule has 0 bridgehead atoms. The Morgan fingerprint density at radius 1 is 1.22 bits per heavy atom. The molecule has 94 valence electrons. The minimum absolute atomic E-state index is 0.467. The van der Waals surface area contributed by atoms with Crippen molar-refractivity contribution in [2.45, 2.75) is 13.3 Å². The number of nitrogens with one attached hydrogen (secondary N) is 1. The first-order valence-electron chi connectivity index (χ1n) is 5.34. The molecule has 0 unspecified atom stereocenters. The first-order valence-corrected chi connectivity index (χ1v) is 6.10. The SMILES string of the molecule is Cc1cc(NN)nc(Cc2c(Cl)cccc2Cl)n1. The molecule has 3 N–H and O–H groups in total. The third-order valence-corrected chi connectivity index (χ3v) is 3.15. The molecule has 0 saturated heterocycles. The highest BCUT2D eigenvalue weighted by Crippen LogP contribution is 2.26. The van der Waals surface area contributed by atoms with Crippen LogP contribution in [0.3, 0.4) is 0 Å². The van der Waals surface area contributed by atoms with Crippen molar-refractivity contribution in [2.24, 2.45) is 5.84 Å². The number of nitrogens with two attached hydrogens (primary N) is 1. The maximum atomic E-state index is 6.11. The molecule has 0 radical (unpaired) electrons. The van der Waals surface area contributed by atoms with Crippen LogP contribution in [0.15, 0.2) is 24.3 Å². The van der Waals surface area contributed by atoms with E-state index in [0.717, 1.165) is 11.3 Å². The van der Waals surface area contributed by atoms with Gasteiger partial charge in [-0.3, -0.25) is 0 Å². The number of nitrogen functional groups attached to an aromatic ring is 1. The number of rotatable bonds is 3. The lowest BCUT2D eigenvalue weighted by molar-refractivity contribution is 0.940. The number of halogens is 2. The molecule has 2 aromatic rings. The molecule has 0 aliphatic carbocycles. The van der Waals surface area contributed by atoms with Crippen molar-refractivity contribution in [1.82, 2.24) is 9.97 Å². The van der Waals surface area contributed by atoms with Gasteiger partial charge >= 0.3 is 0 Å². The zero-order valence-electron chi connectivity index (χ0n) is 9.74. The van der Waals surface area contributed by atoms with Crippen LogP contribution in [0, 0.1) is 6.92 Å². The number of hydrogen-bond donors (Lipinski definition) is 2. The molecular formula is C12H12Cl2N4. The molecule has 6 heteroatoms. The average Bonchev–Trinajstić information content (AvgIpc) is 2.33. The van der Waals surface area contributed by atoms with E-state index in [9.17, 15) is 0 Å². The van der Waals surface area contributed by atoms with E-state index >= 15 is 0 Å².